The number of nitrogens with one attached hydrogen (secondary N) is 2. The number of likely N-dealkylation sites (tertiary alicyclic amines) is 1. The first-order valence-corrected chi connectivity index (χ1v) is 14.0. The third-order valence-corrected chi connectivity index (χ3v) is 7.34. The van der Waals surface area contributed by atoms with Crippen LogP contribution in [-0.4, -0.2) is 65.9 Å². The fraction of sp³-hybridized carbons (Fsp3) is 0.483. The number of aromatic nitrogens is 6. The van der Waals surface area contributed by atoms with Gasteiger partial charge in [-0.15, -0.1) is 0 Å². The zero-order valence-corrected chi connectivity index (χ0v) is 25.1. The van der Waals surface area contributed by atoms with Crippen LogP contribution < -0.4 is 15.4 Å². The quantitative estimate of drug-likeness (QED) is 0.271. The molecule has 1 amide bonds. The molecule has 1 saturated heterocycles. The highest BCUT2D eigenvalue weighted by molar-refractivity contribution is 5.87. The second-order valence-corrected chi connectivity index (χ2v) is 12.1. The van der Waals surface area contributed by atoms with Gasteiger partial charge >= 0.3 is 6.18 Å². The molecule has 1 atom stereocenters. The second-order valence-electron chi connectivity index (χ2n) is 12.1. The van der Waals surface area contributed by atoms with E-state index in [9.17, 15) is 18.0 Å². The molecule has 0 spiro atoms. The monoisotopic (exact) mass is 599 g/mol. The minimum atomic E-state index is -4.20. The highest BCUT2D eigenvalue weighted by Gasteiger charge is 2.35. The smallest absolute Gasteiger partial charge is 0.401 e. The van der Waals surface area contributed by atoms with Crippen LogP contribution in [0.3, 0.4) is 0 Å². The lowest BCUT2D eigenvalue weighted by Crippen LogP contribution is -2.33. The van der Waals surface area contributed by atoms with E-state index in [4.69, 9.17) is 14.8 Å². The SMILES string of the molecule is CC(=O)Nc1cc(Oc2ncc3nc(Nc4cc(C(C)(C)C)n(C[C@@H]5CCN(CC(F)(F)F)C5)n4)n(C)c3c2C)ccn1. The minimum absolute atomic E-state index is 0.0776. The maximum absolute atomic E-state index is 12.9. The molecule has 14 heteroatoms. The number of nitrogens with zero attached hydrogens (tertiary/aromatic N) is 7. The van der Waals surface area contributed by atoms with Gasteiger partial charge in [0.1, 0.15) is 17.1 Å². The van der Waals surface area contributed by atoms with E-state index < -0.39 is 12.7 Å². The van der Waals surface area contributed by atoms with Crippen LogP contribution >= 0.6 is 0 Å². The summed E-state index contributed by atoms with van der Waals surface area (Å²) in [6.07, 6.45) is -0.337. The number of fused-ring (bicyclic) bond motifs is 1. The lowest BCUT2D eigenvalue weighted by atomic mass is 9.92. The lowest BCUT2D eigenvalue weighted by Gasteiger charge is -2.22. The third-order valence-electron chi connectivity index (χ3n) is 7.34. The van der Waals surface area contributed by atoms with Gasteiger partial charge in [0.05, 0.1) is 18.3 Å². The second kappa shape index (κ2) is 11.5. The maximum Gasteiger partial charge on any atom is 0.401 e. The zero-order valence-electron chi connectivity index (χ0n) is 25.1. The topological polar surface area (TPSA) is 115 Å². The number of carbonyl (C=O) groups is 1. The Labute approximate surface area is 247 Å². The molecule has 1 aliphatic rings. The molecule has 5 rings (SSSR count). The Balaban J connectivity index is 1.37. The molecule has 0 radical (unpaired) electrons. The molecule has 230 valence electrons. The number of carbonyl (C=O) groups excluding carboxylic acids is 1. The van der Waals surface area contributed by atoms with Crippen molar-refractivity contribution >= 4 is 34.5 Å². The molecule has 0 unspecified atom stereocenters. The van der Waals surface area contributed by atoms with E-state index in [-0.39, 0.29) is 17.2 Å². The van der Waals surface area contributed by atoms with Gasteiger partial charge in [-0.25, -0.2) is 15.0 Å². The summed E-state index contributed by atoms with van der Waals surface area (Å²) >= 11 is 0. The van der Waals surface area contributed by atoms with Gasteiger partial charge in [0, 0.05) is 62.1 Å². The fourth-order valence-corrected chi connectivity index (χ4v) is 5.46. The molecule has 4 aromatic heterocycles. The van der Waals surface area contributed by atoms with E-state index in [0.717, 1.165) is 16.8 Å². The summed E-state index contributed by atoms with van der Waals surface area (Å²) in [6.45, 7) is 10.0. The Morgan fingerprint density at radius 2 is 1.93 bits per heavy atom. The standard InChI is InChI=1S/C29H36F3N9O2/c1-17-25-21(13-34-26(17)43-20-7-9-33-23(11-20)35-18(2)42)36-27(39(25)6)37-24-12-22(28(3,4)5)41(38-24)15-19-8-10-40(14-19)16-29(30,31)32/h7,9,11-13,19H,8,10,14-16H2,1-6H3,(H,33,35,42)(H,36,37,38)/t19-/m1/s1. The zero-order chi connectivity index (χ0) is 31.1. The summed E-state index contributed by atoms with van der Waals surface area (Å²) in [5, 5.41) is 10.8. The van der Waals surface area contributed by atoms with Crippen LogP contribution in [0.4, 0.5) is 30.8 Å². The van der Waals surface area contributed by atoms with E-state index in [1.807, 2.05) is 29.3 Å². The van der Waals surface area contributed by atoms with E-state index in [0.29, 0.717) is 60.8 Å². The minimum Gasteiger partial charge on any atom is -0.438 e. The molecule has 4 aromatic rings. The number of amides is 1. The molecule has 0 aliphatic carbocycles. The van der Waals surface area contributed by atoms with Gasteiger partial charge in [-0.3, -0.25) is 14.4 Å². The maximum atomic E-state index is 12.9. The van der Waals surface area contributed by atoms with Crippen LogP contribution in [0.15, 0.2) is 30.6 Å². The highest BCUT2D eigenvalue weighted by Crippen LogP contribution is 2.33. The average Bonchev–Trinajstić information content (AvgIpc) is 3.58. The summed E-state index contributed by atoms with van der Waals surface area (Å²) in [6, 6.07) is 5.26. The summed E-state index contributed by atoms with van der Waals surface area (Å²) in [7, 11) is 1.88. The molecule has 1 aliphatic heterocycles. The van der Waals surface area contributed by atoms with Crippen molar-refractivity contribution in [1.29, 1.82) is 0 Å². The largest absolute Gasteiger partial charge is 0.438 e. The highest BCUT2D eigenvalue weighted by atomic mass is 19.4. The van der Waals surface area contributed by atoms with Crippen molar-refractivity contribution < 1.29 is 22.7 Å². The lowest BCUT2D eigenvalue weighted by molar-refractivity contribution is -0.143. The molecule has 11 nitrogen and oxygen atoms in total. The third kappa shape index (κ3) is 7.07. The predicted molar refractivity (Wildman–Crippen MR) is 157 cm³/mol. The van der Waals surface area contributed by atoms with Gasteiger partial charge in [-0.1, -0.05) is 20.8 Å². The van der Waals surface area contributed by atoms with Crippen molar-refractivity contribution in [1.82, 2.24) is 34.2 Å². The molecular weight excluding hydrogens is 563 g/mol. The number of rotatable bonds is 8. The van der Waals surface area contributed by atoms with Gasteiger partial charge in [-0.2, -0.15) is 18.3 Å². The number of pyridine rings is 2. The number of halogens is 3. The van der Waals surface area contributed by atoms with E-state index >= 15 is 0 Å². The summed E-state index contributed by atoms with van der Waals surface area (Å²) < 4.78 is 48.5. The molecule has 5 heterocycles. The number of ether oxygens (including phenoxy) is 1. The molecule has 1 fully saturated rings. The van der Waals surface area contributed by atoms with E-state index in [1.165, 1.54) is 18.0 Å². The van der Waals surface area contributed by atoms with Crippen LogP contribution in [0.5, 0.6) is 11.6 Å². The predicted octanol–water partition coefficient (Wildman–Crippen LogP) is 5.54. The number of alkyl halides is 3. The van der Waals surface area contributed by atoms with Crippen LogP contribution in [0, 0.1) is 12.8 Å². The van der Waals surface area contributed by atoms with Gasteiger partial charge in [-0.05, 0) is 31.9 Å². The molecule has 0 saturated carbocycles. The number of hydrogen-bond donors (Lipinski definition) is 2. The fourth-order valence-electron chi connectivity index (χ4n) is 5.46. The van der Waals surface area contributed by atoms with Crippen molar-refractivity contribution in [2.45, 2.75) is 59.2 Å². The van der Waals surface area contributed by atoms with Crippen molar-refractivity contribution in [2.24, 2.45) is 13.0 Å². The van der Waals surface area contributed by atoms with E-state index in [2.05, 4.69) is 41.4 Å². The Hall–Kier alpha value is -4.20. The van der Waals surface area contributed by atoms with Gasteiger partial charge in [0.15, 0.2) is 5.82 Å². The molecule has 2 N–H and O–H groups in total. The number of hydrogen-bond acceptors (Lipinski definition) is 8. The molecule has 0 bridgehead atoms. The summed E-state index contributed by atoms with van der Waals surface area (Å²) in [5.74, 6) is 2.22. The van der Waals surface area contributed by atoms with Crippen LogP contribution in [0.2, 0.25) is 0 Å². The number of imidazole rings is 1. The number of aryl methyl sites for hydroxylation is 2. The molecule has 43 heavy (non-hydrogen) atoms. The van der Waals surface area contributed by atoms with Gasteiger partial charge in [0.2, 0.25) is 17.7 Å². The number of anilines is 3. The first kappa shape index (κ1) is 30.3. The first-order chi connectivity index (χ1) is 20.2. The van der Waals surface area contributed by atoms with Crippen molar-refractivity contribution in [3.05, 3.63) is 41.9 Å². The van der Waals surface area contributed by atoms with Crippen molar-refractivity contribution in [2.75, 3.05) is 30.3 Å². The Morgan fingerprint density at radius 3 is 2.63 bits per heavy atom. The summed E-state index contributed by atoms with van der Waals surface area (Å²) in [5.41, 5.74) is 2.99. The molecular formula is C29H36F3N9O2. The van der Waals surface area contributed by atoms with Crippen LogP contribution in [0.1, 0.15) is 45.4 Å². The van der Waals surface area contributed by atoms with Crippen LogP contribution in [-0.2, 0) is 23.8 Å². The average molecular weight is 600 g/mol. The molecule has 0 aromatic carbocycles. The van der Waals surface area contributed by atoms with Gasteiger partial charge in [0.25, 0.3) is 0 Å². The van der Waals surface area contributed by atoms with Crippen LogP contribution in [0.25, 0.3) is 11.0 Å². The van der Waals surface area contributed by atoms with E-state index in [1.54, 1.807) is 18.3 Å². The Morgan fingerprint density at radius 1 is 1.16 bits per heavy atom. The normalized spacial score (nSPS) is 16.2. The van der Waals surface area contributed by atoms with Crippen molar-refractivity contribution in [3.8, 4) is 11.6 Å². The summed E-state index contributed by atoms with van der Waals surface area (Å²) in [4.78, 5) is 26.2. The Kier molecular flexibility index (Phi) is 8.07. The first-order valence-electron chi connectivity index (χ1n) is 14.0. The van der Waals surface area contributed by atoms with Gasteiger partial charge < -0.3 is 19.9 Å². The Bertz CT molecular complexity index is 1640. The van der Waals surface area contributed by atoms with Crippen molar-refractivity contribution in [3.63, 3.8) is 0 Å².